The second-order valence-corrected chi connectivity index (χ2v) is 10.1. The number of hydrogen-bond donors (Lipinski definition) is 0. The third-order valence-corrected chi connectivity index (χ3v) is 8.19. The molecule has 3 fully saturated rings. The lowest BCUT2D eigenvalue weighted by Crippen LogP contribution is -2.55. The molecule has 1 aromatic rings. The zero-order chi connectivity index (χ0) is 22.2. The molecule has 2 heterocycles. The van der Waals surface area contributed by atoms with Crippen molar-refractivity contribution >= 4 is 21.8 Å². The number of carbonyl (C=O) groups excluding carboxylic acids is 2. The van der Waals surface area contributed by atoms with E-state index in [1.54, 1.807) is 15.9 Å². The van der Waals surface area contributed by atoms with Gasteiger partial charge in [-0.15, -0.1) is 0 Å². The van der Waals surface area contributed by atoms with Crippen LogP contribution >= 0.6 is 0 Å². The van der Waals surface area contributed by atoms with Gasteiger partial charge in [-0.25, -0.2) is 8.42 Å². The molecule has 170 valence electrons. The quantitative estimate of drug-likeness (QED) is 0.639. The Kier molecular flexibility index (Phi) is 6.11. The van der Waals surface area contributed by atoms with Gasteiger partial charge in [-0.05, 0) is 37.8 Å². The van der Waals surface area contributed by atoms with E-state index in [1.165, 1.54) is 30.7 Å². The second-order valence-electron chi connectivity index (χ2n) is 8.21. The number of rotatable bonds is 6. The molecule has 1 unspecified atom stereocenters. The van der Waals surface area contributed by atoms with Gasteiger partial charge in [-0.3, -0.25) is 9.59 Å². The predicted molar refractivity (Wildman–Crippen MR) is 112 cm³/mol. The van der Waals surface area contributed by atoms with Crippen molar-refractivity contribution in [3.8, 4) is 11.5 Å². The highest BCUT2D eigenvalue weighted by Crippen LogP contribution is 2.34. The molecule has 1 atom stereocenters. The maximum Gasteiger partial charge on any atom is 0.245 e. The van der Waals surface area contributed by atoms with Crippen LogP contribution in [0.3, 0.4) is 0 Å². The average molecular weight is 452 g/mol. The minimum atomic E-state index is -3.72. The van der Waals surface area contributed by atoms with E-state index in [2.05, 4.69) is 0 Å². The monoisotopic (exact) mass is 451 g/mol. The number of hydrogen-bond acceptors (Lipinski definition) is 6. The van der Waals surface area contributed by atoms with Gasteiger partial charge in [0.05, 0.1) is 19.1 Å². The fourth-order valence-corrected chi connectivity index (χ4v) is 5.78. The number of nitrogens with zero attached hydrogens (tertiary/aromatic N) is 3. The molecular weight excluding hydrogens is 422 g/mol. The number of carbonyl (C=O) groups is 2. The molecule has 1 saturated carbocycles. The molecule has 0 spiro atoms. The van der Waals surface area contributed by atoms with Crippen molar-refractivity contribution in [2.75, 3.05) is 46.9 Å². The first-order valence-corrected chi connectivity index (χ1v) is 12.1. The van der Waals surface area contributed by atoms with E-state index in [9.17, 15) is 18.0 Å². The number of piperazine rings is 1. The molecule has 10 heteroatoms. The fourth-order valence-electron chi connectivity index (χ4n) is 4.34. The highest BCUT2D eigenvalue weighted by Gasteiger charge is 2.43. The van der Waals surface area contributed by atoms with E-state index in [0.29, 0.717) is 37.6 Å². The van der Waals surface area contributed by atoms with Gasteiger partial charge in [-0.2, -0.15) is 4.31 Å². The van der Waals surface area contributed by atoms with Gasteiger partial charge in [0.25, 0.3) is 0 Å². The normalized spacial score (nSPS) is 22.5. The third-order valence-electron chi connectivity index (χ3n) is 6.29. The van der Waals surface area contributed by atoms with E-state index in [1.807, 2.05) is 0 Å². The van der Waals surface area contributed by atoms with Crippen LogP contribution in [0.4, 0.5) is 0 Å². The van der Waals surface area contributed by atoms with Crippen molar-refractivity contribution in [1.82, 2.24) is 14.1 Å². The summed E-state index contributed by atoms with van der Waals surface area (Å²) in [4.78, 5) is 29.1. The minimum absolute atomic E-state index is 0.0605. The molecule has 2 saturated heterocycles. The van der Waals surface area contributed by atoms with Crippen LogP contribution in [0.15, 0.2) is 23.1 Å². The summed E-state index contributed by atoms with van der Waals surface area (Å²) in [5.74, 6) is 0.940. The number of likely N-dealkylation sites (tertiary alicyclic amines) is 1. The zero-order valence-corrected chi connectivity index (χ0v) is 18.8. The first-order chi connectivity index (χ1) is 14.9. The highest BCUT2D eigenvalue weighted by atomic mass is 32.2. The summed E-state index contributed by atoms with van der Waals surface area (Å²) in [6.07, 6.45) is 3.36. The first kappa shape index (κ1) is 21.9. The largest absolute Gasteiger partial charge is 0.493 e. The molecule has 2 aliphatic heterocycles. The molecule has 0 radical (unpaired) electrons. The van der Waals surface area contributed by atoms with E-state index < -0.39 is 16.1 Å². The molecular formula is C21H29N3O6S. The summed E-state index contributed by atoms with van der Waals surface area (Å²) in [5.41, 5.74) is 0. The Morgan fingerprint density at radius 3 is 2.19 bits per heavy atom. The lowest BCUT2D eigenvalue weighted by Gasteiger charge is -2.36. The topological polar surface area (TPSA) is 96.5 Å². The molecule has 3 aliphatic rings. The minimum Gasteiger partial charge on any atom is -0.493 e. The number of ether oxygens (including phenoxy) is 2. The van der Waals surface area contributed by atoms with E-state index in [4.69, 9.17) is 9.47 Å². The van der Waals surface area contributed by atoms with Crippen molar-refractivity contribution in [3.05, 3.63) is 18.2 Å². The Balaban J connectivity index is 1.41. The van der Waals surface area contributed by atoms with Gasteiger partial charge < -0.3 is 19.3 Å². The van der Waals surface area contributed by atoms with E-state index >= 15 is 0 Å². The summed E-state index contributed by atoms with van der Waals surface area (Å²) < 4.78 is 38.0. The van der Waals surface area contributed by atoms with Crippen LogP contribution < -0.4 is 9.47 Å². The van der Waals surface area contributed by atoms with Crippen LogP contribution in [-0.4, -0.2) is 87.3 Å². The summed E-state index contributed by atoms with van der Waals surface area (Å²) >= 11 is 0. The molecule has 0 bridgehead atoms. The average Bonchev–Trinajstić information content (AvgIpc) is 3.53. The van der Waals surface area contributed by atoms with Crippen LogP contribution in [0.2, 0.25) is 0 Å². The van der Waals surface area contributed by atoms with Crippen LogP contribution in [0.5, 0.6) is 11.5 Å². The summed E-state index contributed by atoms with van der Waals surface area (Å²) in [6, 6.07) is 4.11. The van der Waals surface area contributed by atoms with E-state index in [0.717, 1.165) is 19.3 Å². The predicted octanol–water partition coefficient (Wildman–Crippen LogP) is 0.938. The van der Waals surface area contributed by atoms with Crippen molar-refractivity contribution < 1.29 is 27.5 Å². The molecule has 1 aliphatic carbocycles. The zero-order valence-electron chi connectivity index (χ0n) is 18.0. The number of benzene rings is 1. The molecule has 0 aromatic heterocycles. The smallest absolute Gasteiger partial charge is 0.245 e. The Morgan fingerprint density at radius 2 is 1.58 bits per heavy atom. The SMILES string of the molecule is COc1ccc(S(=O)(=O)N2CCN(C(=O)C3CCCN3C(=O)C3CC3)CC2)cc1OC. The fraction of sp³-hybridized carbons (Fsp3) is 0.619. The Morgan fingerprint density at radius 1 is 0.903 bits per heavy atom. The highest BCUT2D eigenvalue weighted by molar-refractivity contribution is 7.89. The van der Waals surface area contributed by atoms with Gasteiger partial charge in [0.15, 0.2) is 11.5 Å². The molecule has 9 nitrogen and oxygen atoms in total. The Bertz CT molecular complexity index is 954. The molecule has 1 aromatic carbocycles. The molecule has 4 rings (SSSR count). The summed E-state index contributed by atoms with van der Waals surface area (Å²) in [7, 11) is -0.770. The van der Waals surface area contributed by atoms with Crippen molar-refractivity contribution in [3.63, 3.8) is 0 Å². The Hall–Kier alpha value is -2.33. The van der Waals surface area contributed by atoms with E-state index in [-0.39, 0.29) is 35.7 Å². The van der Waals surface area contributed by atoms with Gasteiger partial charge in [-0.1, -0.05) is 0 Å². The lowest BCUT2D eigenvalue weighted by molar-refractivity contribution is -0.145. The standard InChI is InChI=1S/C21H29N3O6S/c1-29-18-8-7-16(14-19(18)30-2)31(27,28)23-12-10-22(11-13-23)21(26)17-4-3-9-24(17)20(25)15-5-6-15/h7-8,14-15,17H,3-6,9-13H2,1-2H3. The van der Waals surface area contributed by atoms with Crippen molar-refractivity contribution in [1.29, 1.82) is 0 Å². The number of sulfonamides is 1. The Labute approximate surface area is 182 Å². The van der Waals surface area contributed by atoms with Gasteiger partial charge in [0, 0.05) is 44.7 Å². The van der Waals surface area contributed by atoms with Crippen LogP contribution in [-0.2, 0) is 19.6 Å². The maximum absolute atomic E-state index is 13.1. The molecule has 2 amide bonds. The van der Waals surface area contributed by atoms with Crippen LogP contribution in [0.1, 0.15) is 25.7 Å². The molecule has 31 heavy (non-hydrogen) atoms. The van der Waals surface area contributed by atoms with Crippen LogP contribution in [0.25, 0.3) is 0 Å². The van der Waals surface area contributed by atoms with Gasteiger partial charge in [0.2, 0.25) is 21.8 Å². The molecule has 0 N–H and O–H groups in total. The van der Waals surface area contributed by atoms with Gasteiger partial charge in [0.1, 0.15) is 6.04 Å². The number of amides is 2. The maximum atomic E-state index is 13.1. The summed E-state index contributed by atoms with van der Waals surface area (Å²) in [6.45, 7) is 1.69. The third kappa shape index (κ3) is 4.23. The van der Waals surface area contributed by atoms with Crippen molar-refractivity contribution in [2.45, 2.75) is 36.6 Å². The lowest BCUT2D eigenvalue weighted by atomic mass is 10.1. The van der Waals surface area contributed by atoms with Crippen molar-refractivity contribution in [2.24, 2.45) is 5.92 Å². The van der Waals surface area contributed by atoms with Gasteiger partial charge >= 0.3 is 0 Å². The van der Waals surface area contributed by atoms with Crippen LogP contribution in [0, 0.1) is 5.92 Å². The summed E-state index contributed by atoms with van der Waals surface area (Å²) in [5, 5.41) is 0. The number of methoxy groups -OCH3 is 2. The second kappa shape index (κ2) is 8.66. The first-order valence-electron chi connectivity index (χ1n) is 10.7.